The summed E-state index contributed by atoms with van der Waals surface area (Å²) in [7, 11) is 1.77. The Morgan fingerprint density at radius 3 is 2.78 bits per heavy atom. The van der Waals surface area contributed by atoms with E-state index in [1.165, 1.54) is 0 Å². The van der Waals surface area contributed by atoms with Crippen LogP contribution < -0.4 is 15.0 Å². The van der Waals surface area contributed by atoms with Gasteiger partial charge in [-0.15, -0.1) is 0 Å². The number of nitrogens with one attached hydrogen (secondary N) is 1. The molecule has 0 saturated heterocycles. The van der Waals surface area contributed by atoms with E-state index in [2.05, 4.69) is 5.32 Å². The van der Waals surface area contributed by atoms with E-state index in [0.29, 0.717) is 26.0 Å². The second-order valence-corrected chi connectivity index (χ2v) is 7.19. The van der Waals surface area contributed by atoms with E-state index in [1.807, 2.05) is 39.0 Å². The molecule has 1 aliphatic heterocycles. The van der Waals surface area contributed by atoms with Gasteiger partial charge in [-0.3, -0.25) is 9.59 Å². The number of fused-ring (bicyclic) bond motifs is 1. The number of benzene rings is 1. The van der Waals surface area contributed by atoms with E-state index in [1.54, 1.807) is 11.9 Å². The predicted molar refractivity (Wildman–Crippen MR) is 90.7 cm³/mol. The molecule has 0 atom stereocenters. The van der Waals surface area contributed by atoms with Gasteiger partial charge in [0.2, 0.25) is 11.8 Å². The summed E-state index contributed by atoms with van der Waals surface area (Å²) in [5.41, 5.74) is 1.87. The Balaban J connectivity index is 1.96. The summed E-state index contributed by atoms with van der Waals surface area (Å²) in [6.45, 7) is 7.15. The summed E-state index contributed by atoms with van der Waals surface area (Å²) in [5, 5.41) is 2.95. The highest BCUT2D eigenvalue weighted by atomic mass is 16.5. The minimum absolute atomic E-state index is 0.00539. The van der Waals surface area contributed by atoms with Gasteiger partial charge in [-0.05, 0) is 29.5 Å². The SMILES string of the molecule is CN1C(=O)CCOc2ccc(CCNC(=O)CC(C)(C)C)cc21. The minimum Gasteiger partial charge on any atom is -0.491 e. The average Bonchev–Trinajstić information content (AvgIpc) is 2.58. The second-order valence-electron chi connectivity index (χ2n) is 7.19. The summed E-state index contributed by atoms with van der Waals surface area (Å²) in [6, 6.07) is 5.85. The Kier molecular flexibility index (Phi) is 5.29. The van der Waals surface area contributed by atoms with Crippen LogP contribution >= 0.6 is 0 Å². The molecule has 5 heteroatoms. The molecule has 0 aromatic heterocycles. The molecule has 2 rings (SSSR count). The lowest BCUT2D eigenvalue weighted by molar-refractivity contribution is -0.122. The van der Waals surface area contributed by atoms with Crippen molar-refractivity contribution in [2.45, 2.75) is 40.0 Å². The Hall–Kier alpha value is -2.04. The van der Waals surface area contributed by atoms with E-state index in [9.17, 15) is 9.59 Å². The number of ether oxygens (including phenoxy) is 1. The van der Waals surface area contributed by atoms with E-state index in [0.717, 1.165) is 23.4 Å². The van der Waals surface area contributed by atoms with Gasteiger partial charge in [0.05, 0.1) is 18.7 Å². The number of amides is 2. The third kappa shape index (κ3) is 4.98. The van der Waals surface area contributed by atoms with Crippen LogP contribution in [0.4, 0.5) is 5.69 Å². The largest absolute Gasteiger partial charge is 0.491 e. The Morgan fingerprint density at radius 1 is 1.35 bits per heavy atom. The molecular formula is C18H26N2O3. The lowest BCUT2D eigenvalue weighted by atomic mass is 9.92. The van der Waals surface area contributed by atoms with Crippen LogP contribution in [-0.2, 0) is 16.0 Å². The van der Waals surface area contributed by atoms with Crippen molar-refractivity contribution < 1.29 is 14.3 Å². The van der Waals surface area contributed by atoms with E-state index >= 15 is 0 Å². The second kappa shape index (κ2) is 7.02. The first-order valence-electron chi connectivity index (χ1n) is 8.05. The fraction of sp³-hybridized carbons (Fsp3) is 0.556. The quantitative estimate of drug-likeness (QED) is 0.928. The predicted octanol–water partition coefficient (Wildman–Crippen LogP) is 2.53. The third-order valence-electron chi connectivity index (χ3n) is 3.76. The number of hydrogen-bond donors (Lipinski definition) is 1. The molecule has 23 heavy (non-hydrogen) atoms. The van der Waals surface area contributed by atoms with Gasteiger partial charge < -0.3 is 15.0 Å². The number of rotatable bonds is 4. The highest BCUT2D eigenvalue weighted by molar-refractivity contribution is 5.95. The van der Waals surface area contributed by atoms with Crippen LogP contribution in [0.5, 0.6) is 5.75 Å². The van der Waals surface area contributed by atoms with Crippen molar-refractivity contribution in [3.8, 4) is 5.75 Å². The van der Waals surface area contributed by atoms with Crippen molar-refractivity contribution in [1.82, 2.24) is 5.32 Å². The molecule has 1 aliphatic rings. The summed E-state index contributed by atoms with van der Waals surface area (Å²) in [4.78, 5) is 25.4. The minimum atomic E-state index is -0.00539. The summed E-state index contributed by atoms with van der Waals surface area (Å²) < 4.78 is 5.61. The first kappa shape index (κ1) is 17.3. The standard InChI is InChI=1S/C18H26N2O3/c1-18(2,3)12-16(21)19-9-7-13-5-6-15-14(11-13)20(4)17(22)8-10-23-15/h5-6,11H,7-10,12H2,1-4H3,(H,19,21). The smallest absolute Gasteiger partial charge is 0.230 e. The van der Waals surface area contributed by atoms with Gasteiger partial charge in [0.15, 0.2) is 0 Å². The van der Waals surface area contributed by atoms with Crippen molar-refractivity contribution in [3.63, 3.8) is 0 Å². The topological polar surface area (TPSA) is 58.6 Å². The van der Waals surface area contributed by atoms with Gasteiger partial charge in [-0.1, -0.05) is 26.8 Å². The first-order valence-corrected chi connectivity index (χ1v) is 8.05. The maximum atomic E-state index is 11.9. The summed E-state index contributed by atoms with van der Waals surface area (Å²) in [6.07, 6.45) is 1.64. The maximum absolute atomic E-state index is 11.9. The van der Waals surface area contributed by atoms with Gasteiger partial charge in [0.1, 0.15) is 5.75 Å². The number of hydrogen-bond acceptors (Lipinski definition) is 3. The molecule has 0 bridgehead atoms. The highest BCUT2D eigenvalue weighted by Gasteiger charge is 2.20. The number of carbonyl (C=O) groups excluding carboxylic acids is 2. The zero-order valence-corrected chi connectivity index (χ0v) is 14.4. The van der Waals surface area contributed by atoms with Gasteiger partial charge >= 0.3 is 0 Å². The van der Waals surface area contributed by atoms with Crippen LogP contribution in [-0.4, -0.2) is 32.0 Å². The maximum Gasteiger partial charge on any atom is 0.230 e. The fourth-order valence-corrected chi connectivity index (χ4v) is 2.54. The Bertz CT molecular complexity index is 590. The van der Waals surface area contributed by atoms with Gasteiger partial charge in [-0.2, -0.15) is 0 Å². The van der Waals surface area contributed by atoms with Gasteiger partial charge in [-0.25, -0.2) is 0 Å². The van der Waals surface area contributed by atoms with Gasteiger partial charge in [0, 0.05) is 20.0 Å². The van der Waals surface area contributed by atoms with Crippen molar-refractivity contribution >= 4 is 17.5 Å². The van der Waals surface area contributed by atoms with Crippen LogP contribution in [0.1, 0.15) is 39.2 Å². The van der Waals surface area contributed by atoms with Crippen LogP contribution in [0.3, 0.4) is 0 Å². The molecule has 1 aromatic rings. The molecule has 5 nitrogen and oxygen atoms in total. The monoisotopic (exact) mass is 318 g/mol. The van der Waals surface area contributed by atoms with Crippen molar-refractivity contribution in [2.24, 2.45) is 5.41 Å². The van der Waals surface area contributed by atoms with Crippen LogP contribution in [0, 0.1) is 5.41 Å². The normalized spacial score (nSPS) is 14.8. The molecule has 126 valence electrons. The molecule has 0 saturated carbocycles. The molecule has 1 heterocycles. The van der Waals surface area contributed by atoms with E-state index in [4.69, 9.17) is 4.74 Å². The zero-order chi connectivity index (χ0) is 17.0. The lowest BCUT2D eigenvalue weighted by Gasteiger charge is -2.18. The fourth-order valence-electron chi connectivity index (χ4n) is 2.54. The first-order chi connectivity index (χ1) is 10.8. The average molecular weight is 318 g/mol. The molecule has 0 aliphatic carbocycles. The summed E-state index contributed by atoms with van der Waals surface area (Å²) >= 11 is 0. The number of carbonyl (C=O) groups is 2. The summed E-state index contributed by atoms with van der Waals surface area (Å²) in [5.74, 6) is 0.862. The van der Waals surface area contributed by atoms with Crippen LogP contribution in [0.15, 0.2) is 18.2 Å². The molecule has 1 aromatic carbocycles. The van der Waals surface area contributed by atoms with Crippen molar-refractivity contribution in [2.75, 3.05) is 25.1 Å². The third-order valence-corrected chi connectivity index (χ3v) is 3.76. The van der Waals surface area contributed by atoms with Crippen LogP contribution in [0.25, 0.3) is 0 Å². The zero-order valence-electron chi connectivity index (χ0n) is 14.4. The Labute approximate surface area is 138 Å². The molecule has 0 radical (unpaired) electrons. The number of nitrogens with zero attached hydrogens (tertiary/aromatic N) is 1. The van der Waals surface area contributed by atoms with E-state index < -0.39 is 0 Å². The van der Waals surface area contributed by atoms with Crippen molar-refractivity contribution in [3.05, 3.63) is 23.8 Å². The molecule has 1 N–H and O–H groups in total. The highest BCUT2D eigenvalue weighted by Crippen LogP contribution is 2.31. The number of anilines is 1. The molecule has 0 unspecified atom stereocenters. The molecule has 0 fully saturated rings. The molecule has 2 amide bonds. The van der Waals surface area contributed by atoms with Crippen LogP contribution in [0.2, 0.25) is 0 Å². The van der Waals surface area contributed by atoms with Gasteiger partial charge in [0.25, 0.3) is 0 Å². The van der Waals surface area contributed by atoms with Crippen molar-refractivity contribution in [1.29, 1.82) is 0 Å². The Morgan fingerprint density at radius 2 is 2.09 bits per heavy atom. The molecular weight excluding hydrogens is 292 g/mol. The van der Waals surface area contributed by atoms with E-state index in [-0.39, 0.29) is 17.2 Å². The molecule has 0 spiro atoms. The lowest BCUT2D eigenvalue weighted by Crippen LogP contribution is -2.29.